The van der Waals surface area contributed by atoms with Crippen molar-refractivity contribution in [3.63, 3.8) is 0 Å². The number of nitrogens with one attached hydrogen (secondary N) is 1. The molecule has 0 aliphatic heterocycles. The molecular weight excluding hydrogens is 354 g/mol. The summed E-state index contributed by atoms with van der Waals surface area (Å²) in [6.07, 6.45) is 8.90. The van der Waals surface area contributed by atoms with Crippen LogP contribution in [0.25, 0.3) is 0 Å². The Morgan fingerprint density at radius 1 is 1.11 bits per heavy atom. The molecule has 142 valence electrons. The highest BCUT2D eigenvalue weighted by Crippen LogP contribution is 2.61. The number of hydrogen-bond acceptors (Lipinski definition) is 4. The highest BCUT2D eigenvalue weighted by atomic mass is 32.1. The first kappa shape index (κ1) is 17.4. The van der Waals surface area contributed by atoms with Gasteiger partial charge < -0.3 is 0 Å². The van der Waals surface area contributed by atoms with Crippen molar-refractivity contribution in [3.8, 4) is 0 Å². The quantitative estimate of drug-likeness (QED) is 0.780. The summed E-state index contributed by atoms with van der Waals surface area (Å²) in [6, 6.07) is 10.0. The Bertz CT molecular complexity index is 796. The van der Waals surface area contributed by atoms with Crippen molar-refractivity contribution in [2.75, 3.05) is 5.32 Å². The first-order valence-corrected chi connectivity index (χ1v) is 11.2. The third-order valence-electron chi connectivity index (χ3n) is 7.07. The molecule has 1 N–H and O–H groups in total. The van der Waals surface area contributed by atoms with Crippen LogP contribution in [0.15, 0.2) is 30.3 Å². The van der Waals surface area contributed by atoms with Crippen LogP contribution < -0.4 is 5.32 Å². The lowest BCUT2D eigenvalue weighted by Gasteiger charge is -2.55. The summed E-state index contributed by atoms with van der Waals surface area (Å²) in [6.45, 7) is 2.05. The van der Waals surface area contributed by atoms with Crippen molar-refractivity contribution < 1.29 is 4.79 Å². The lowest BCUT2D eigenvalue weighted by Crippen LogP contribution is -2.48. The smallest absolute Gasteiger partial charge is 0.233 e. The highest BCUT2D eigenvalue weighted by Gasteiger charge is 2.53. The van der Waals surface area contributed by atoms with Gasteiger partial charge in [0.15, 0.2) is 0 Å². The molecule has 0 saturated heterocycles. The molecule has 1 heterocycles. The fourth-order valence-electron chi connectivity index (χ4n) is 6.31. The standard InChI is InChI=1S/C22H27N3OS/c1-2-18(17-6-4-3-5-7-17)19(26)23-21-25-24-20(27-21)22-11-14-8-15(12-22)10-16(9-14)13-22/h3-7,14-16,18H,2,8-13H2,1H3,(H,23,25,26)/t14?,15?,16?,18-,22?/m1/s1. The zero-order valence-corrected chi connectivity index (χ0v) is 16.7. The van der Waals surface area contributed by atoms with Crippen LogP contribution in [0, 0.1) is 17.8 Å². The average Bonchev–Trinajstić information content (AvgIpc) is 3.11. The maximum Gasteiger partial charge on any atom is 0.233 e. The minimum Gasteiger partial charge on any atom is -0.300 e. The highest BCUT2D eigenvalue weighted by molar-refractivity contribution is 7.15. The first-order valence-electron chi connectivity index (χ1n) is 10.3. The van der Waals surface area contributed by atoms with Gasteiger partial charge in [-0.1, -0.05) is 48.6 Å². The zero-order valence-electron chi connectivity index (χ0n) is 15.9. The zero-order chi connectivity index (χ0) is 18.4. The van der Waals surface area contributed by atoms with Crippen molar-refractivity contribution in [3.05, 3.63) is 40.9 Å². The van der Waals surface area contributed by atoms with Gasteiger partial charge in [0.2, 0.25) is 11.0 Å². The lowest BCUT2D eigenvalue weighted by molar-refractivity contribution is -0.117. The van der Waals surface area contributed by atoms with Gasteiger partial charge in [-0.3, -0.25) is 10.1 Å². The summed E-state index contributed by atoms with van der Waals surface area (Å²) >= 11 is 1.62. The average molecular weight is 382 g/mol. The van der Waals surface area contributed by atoms with Crippen molar-refractivity contribution >= 4 is 22.4 Å². The van der Waals surface area contributed by atoms with Crippen LogP contribution in [0.2, 0.25) is 0 Å². The fraction of sp³-hybridized carbons (Fsp3) is 0.591. The van der Waals surface area contributed by atoms with Crippen LogP contribution in [0.3, 0.4) is 0 Å². The second kappa shape index (κ2) is 6.69. The largest absolute Gasteiger partial charge is 0.300 e. The van der Waals surface area contributed by atoms with E-state index in [4.69, 9.17) is 0 Å². The molecule has 0 radical (unpaired) electrons. The van der Waals surface area contributed by atoms with Crippen LogP contribution >= 0.6 is 11.3 Å². The Hall–Kier alpha value is -1.75. The molecule has 1 amide bonds. The predicted octanol–water partition coefficient (Wildman–Crippen LogP) is 5.14. The maximum atomic E-state index is 12.8. The number of aromatic nitrogens is 2. The van der Waals surface area contributed by atoms with Gasteiger partial charge in [0.25, 0.3) is 0 Å². The molecule has 5 heteroatoms. The molecule has 4 fully saturated rings. The predicted molar refractivity (Wildman–Crippen MR) is 108 cm³/mol. The molecule has 4 nitrogen and oxygen atoms in total. The van der Waals surface area contributed by atoms with Gasteiger partial charge >= 0.3 is 0 Å². The first-order chi connectivity index (χ1) is 13.1. The van der Waals surface area contributed by atoms with E-state index in [9.17, 15) is 4.79 Å². The van der Waals surface area contributed by atoms with E-state index in [-0.39, 0.29) is 17.2 Å². The molecule has 4 aliphatic carbocycles. The molecule has 0 unspecified atom stereocenters. The third kappa shape index (κ3) is 3.10. The van der Waals surface area contributed by atoms with E-state index in [0.29, 0.717) is 5.13 Å². The van der Waals surface area contributed by atoms with E-state index in [1.54, 1.807) is 11.3 Å². The van der Waals surface area contributed by atoms with Crippen molar-refractivity contribution in [2.24, 2.45) is 17.8 Å². The number of carbonyl (C=O) groups is 1. The lowest BCUT2D eigenvalue weighted by atomic mass is 9.50. The molecule has 4 aliphatic rings. The number of amides is 1. The van der Waals surface area contributed by atoms with Gasteiger partial charge in [0, 0.05) is 5.41 Å². The van der Waals surface area contributed by atoms with E-state index in [1.807, 2.05) is 30.3 Å². The normalized spacial score (nSPS) is 32.4. The van der Waals surface area contributed by atoms with Crippen molar-refractivity contribution in [2.45, 2.75) is 63.2 Å². The minimum atomic E-state index is -0.141. The van der Waals surface area contributed by atoms with E-state index < -0.39 is 0 Å². The van der Waals surface area contributed by atoms with Gasteiger partial charge in [-0.05, 0) is 68.3 Å². The Morgan fingerprint density at radius 2 is 1.74 bits per heavy atom. The van der Waals surface area contributed by atoms with Crippen LogP contribution in [-0.2, 0) is 10.2 Å². The molecule has 4 saturated carbocycles. The van der Waals surface area contributed by atoms with Gasteiger partial charge in [-0.25, -0.2) is 0 Å². The topological polar surface area (TPSA) is 54.9 Å². The summed E-state index contributed by atoms with van der Waals surface area (Å²) in [5, 5.41) is 13.8. The van der Waals surface area contributed by atoms with Gasteiger partial charge in [-0.15, -0.1) is 10.2 Å². The number of hydrogen-bond donors (Lipinski definition) is 1. The molecule has 0 spiro atoms. The summed E-state index contributed by atoms with van der Waals surface area (Å²) in [7, 11) is 0. The van der Waals surface area contributed by atoms with Crippen LogP contribution in [0.1, 0.15) is 68.4 Å². The maximum absolute atomic E-state index is 12.8. The number of nitrogens with zero attached hydrogens (tertiary/aromatic N) is 2. The van der Waals surface area contributed by atoms with Crippen LogP contribution in [-0.4, -0.2) is 16.1 Å². The van der Waals surface area contributed by atoms with E-state index in [1.165, 1.54) is 43.5 Å². The Morgan fingerprint density at radius 3 is 2.33 bits per heavy atom. The molecule has 27 heavy (non-hydrogen) atoms. The second-order valence-corrected chi connectivity index (χ2v) is 9.95. The molecule has 1 aromatic heterocycles. The number of benzene rings is 1. The van der Waals surface area contributed by atoms with E-state index >= 15 is 0 Å². The second-order valence-electron chi connectivity index (χ2n) is 8.97. The van der Waals surface area contributed by atoms with Crippen molar-refractivity contribution in [1.29, 1.82) is 0 Å². The fourth-order valence-corrected chi connectivity index (χ4v) is 7.28. The number of anilines is 1. The SMILES string of the molecule is CC[C@@H](C(=O)Nc1nnc(C23CC4CC(CC(C4)C2)C3)s1)c1ccccc1. The molecule has 1 atom stereocenters. The summed E-state index contributed by atoms with van der Waals surface area (Å²) in [4.78, 5) is 12.8. The van der Waals surface area contributed by atoms with Gasteiger partial charge in [0.1, 0.15) is 5.01 Å². The van der Waals surface area contributed by atoms with Gasteiger partial charge in [0.05, 0.1) is 5.92 Å². The summed E-state index contributed by atoms with van der Waals surface area (Å²) in [5.41, 5.74) is 1.31. The van der Waals surface area contributed by atoms with Crippen molar-refractivity contribution in [1.82, 2.24) is 10.2 Å². The molecule has 6 rings (SSSR count). The molecular formula is C22H27N3OS. The summed E-state index contributed by atoms with van der Waals surface area (Å²) in [5.74, 6) is 2.55. The molecule has 2 aromatic rings. The van der Waals surface area contributed by atoms with Crippen LogP contribution in [0.4, 0.5) is 5.13 Å². The minimum absolute atomic E-state index is 0.0249. The van der Waals surface area contributed by atoms with Gasteiger partial charge in [-0.2, -0.15) is 0 Å². The molecule has 1 aromatic carbocycles. The van der Waals surface area contributed by atoms with Crippen LogP contribution in [0.5, 0.6) is 0 Å². The number of rotatable bonds is 5. The Balaban J connectivity index is 1.33. The Labute approximate surface area is 164 Å². The number of carbonyl (C=O) groups excluding carboxylic acids is 1. The third-order valence-corrected chi connectivity index (χ3v) is 8.16. The molecule has 4 bridgehead atoms. The Kier molecular flexibility index (Phi) is 4.30. The summed E-state index contributed by atoms with van der Waals surface area (Å²) < 4.78 is 0. The van der Waals surface area contributed by atoms with E-state index in [2.05, 4.69) is 22.4 Å². The monoisotopic (exact) mass is 381 g/mol. The van der Waals surface area contributed by atoms with E-state index in [0.717, 1.165) is 29.7 Å².